The number of ether oxygens (including phenoxy) is 1. The molecule has 0 unspecified atom stereocenters. The molecule has 0 aliphatic heterocycles. The molecule has 3 heteroatoms. The van der Waals surface area contributed by atoms with E-state index >= 15 is 0 Å². The molecule has 0 radical (unpaired) electrons. The summed E-state index contributed by atoms with van der Waals surface area (Å²) in [5.74, 6) is 1.53. The maximum atomic E-state index is 5.86. The normalized spacial score (nSPS) is 11.1. The molecule has 2 nitrogen and oxygen atoms in total. The van der Waals surface area contributed by atoms with Crippen molar-refractivity contribution in [1.82, 2.24) is 4.90 Å². The van der Waals surface area contributed by atoms with E-state index in [2.05, 4.69) is 25.8 Å². The third-order valence-corrected chi connectivity index (χ3v) is 2.45. The number of hydrogen-bond donors (Lipinski definition) is 0. The van der Waals surface area contributed by atoms with Crippen molar-refractivity contribution in [1.29, 1.82) is 0 Å². The lowest BCUT2D eigenvalue weighted by Crippen LogP contribution is -2.27. The van der Waals surface area contributed by atoms with Crippen LogP contribution in [0.2, 0.25) is 5.02 Å². The minimum absolute atomic E-state index is 0.691. The molecule has 16 heavy (non-hydrogen) atoms. The van der Waals surface area contributed by atoms with Gasteiger partial charge in [0.2, 0.25) is 0 Å². The van der Waals surface area contributed by atoms with Crippen LogP contribution in [-0.4, -0.2) is 31.6 Å². The lowest BCUT2D eigenvalue weighted by atomic mass is 10.2. The van der Waals surface area contributed by atoms with E-state index < -0.39 is 0 Å². The SMILES string of the molecule is CC(C)CN(C)CCOc1cccc(Cl)c1. The molecule has 0 bridgehead atoms. The van der Waals surface area contributed by atoms with Gasteiger partial charge in [-0.15, -0.1) is 0 Å². The number of halogens is 1. The molecule has 0 saturated heterocycles. The van der Waals surface area contributed by atoms with E-state index in [1.54, 1.807) is 0 Å². The summed E-state index contributed by atoms with van der Waals surface area (Å²) in [6.07, 6.45) is 0. The third-order valence-electron chi connectivity index (χ3n) is 2.21. The molecular formula is C13H20ClNO. The highest BCUT2D eigenvalue weighted by molar-refractivity contribution is 6.30. The fraction of sp³-hybridized carbons (Fsp3) is 0.538. The Hall–Kier alpha value is -0.730. The Labute approximate surface area is 103 Å². The Morgan fingerprint density at radius 1 is 1.38 bits per heavy atom. The van der Waals surface area contributed by atoms with Crippen LogP contribution in [0.5, 0.6) is 5.75 Å². The van der Waals surface area contributed by atoms with Crippen LogP contribution >= 0.6 is 11.6 Å². The van der Waals surface area contributed by atoms with Crippen LogP contribution in [0.1, 0.15) is 13.8 Å². The molecular weight excluding hydrogens is 222 g/mol. The van der Waals surface area contributed by atoms with Crippen molar-refractivity contribution in [2.75, 3.05) is 26.7 Å². The summed E-state index contributed by atoms with van der Waals surface area (Å²) in [5.41, 5.74) is 0. The molecule has 0 aromatic heterocycles. The van der Waals surface area contributed by atoms with Gasteiger partial charge in [0.05, 0.1) is 0 Å². The molecule has 0 aliphatic rings. The van der Waals surface area contributed by atoms with Gasteiger partial charge < -0.3 is 9.64 Å². The predicted molar refractivity (Wildman–Crippen MR) is 69.3 cm³/mol. The largest absolute Gasteiger partial charge is 0.492 e. The zero-order valence-corrected chi connectivity index (χ0v) is 11.0. The highest BCUT2D eigenvalue weighted by Gasteiger charge is 2.01. The second-order valence-electron chi connectivity index (χ2n) is 4.46. The summed E-state index contributed by atoms with van der Waals surface area (Å²) in [6.45, 7) is 7.16. The van der Waals surface area contributed by atoms with E-state index in [4.69, 9.17) is 16.3 Å². The van der Waals surface area contributed by atoms with Crippen molar-refractivity contribution in [3.8, 4) is 5.75 Å². The first-order valence-electron chi connectivity index (χ1n) is 5.65. The van der Waals surface area contributed by atoms with Crippen molar-refractivity contribution in [3.05, 3.63) is 29.3 Å². The van der Waals surface area contributed by atoms with Gasteiger partial charge in [0.25, 0.3) is 0 Å². The molecule has 0 amide bonds. The van der Waals surface area contributed by atoms with Crippen molar-refractivity contribution >= 4 is 11.6 Å². The van der Waals surface area contributed by atoms with Gasteiger partial charge in [0, 0.05) is 18.1 Å². The first-order chi connectivity index (χ1) is 7.58. The first-order valence-corrected chi connectivity index (χ1v) is 6.02. The van der Waals surface area contributed by atoms with Gasteiger partial charge in [-0.3, -0.25) is 0 Å². The average Bonchev–Trinajstić information content (AvgIpc) is 2.16. The zero-order valence-electron chi connectivity index (χ0n) is 10.2. The fourth-order valence-electron chi connectivity index (χ4n) is 1.59. The van der Waals surface area contributed by atoms with Gasteiger partial charge in [-0.05, 0) is 31.2 Å². The molecule has 0 heterocycles. The number of hydrogen-bond acceptors (Lipinski definition) is 2. The smallest absolute Gasteiger partial charge is 0.120 e. The molecule has 0 spiro atoms. The summed E-state index contributed by atoms with van der Waals surface area (Å²) in [6, 6.07) is 7.51. The van der Waals surface area contributed by atoms with Crippen LogP contribution < -0.4 is 4.74 Å². The lowest BCUT2D eigenvalue weighted by Gasteiger charge is -2.18. The van der Waals surface area contributed by atoms with Gasteiger partial charge in [-0.2, -0.15) is 0 Å². The van der Waals surface area contributed by atoms with Crippen molar-refractivity contribution in [3.63, 3.8) is 0 Å². The standard InChI is InChI=1S/C13H20ClNO/c1-11(2)10-15(3)7-8-16-13-6-4-5-12(14)9-13/h4-6,9,11H,7-8,10H2,1-3H3. The maximum absolute atomic E-state index is 5.86. The van der Waals surface area contributed by atoms with Crippen molar-refractivity contribution < 1.29 is 4.74 Å². The minimum Gasteiger partial charge on any atom is -0.492 e. The molecule has 90 valence electrons. The molecule has 0 atom stereocenters. The molecule has 0 N–H and O–H groups in total. The Bertz CT molecular complexity index is 315. The maximum Gasteiger partial charge on any atom is 0.120 e. The van der Waals surface area contributed by atoms with Gasteiger partial charge in [0.1, 0.15) is 12.4 Å². The van der Waals surface area contributed by atoms with E-state index in [0.29, 0.717) is 17.5 Å². The highest BCUT2D eigenvalue weighted by atomic mass is 35.5. The number of nitrogens with zero attached hydrogens (tertiary/aromatic N) is 1. The van der Waals surface area contributed by atoms with Gasteiger partial charge >= 0.3 is 0 Å². The van der Waals surface area contributed by atoms with Crippen LogP contribution in [-0.2, 0) is 0 Å². The van der Waals surface area contributed by atoms with Crippen LogP contribution in [0.4, 0.5) is 0 Å². The van der Waals surface area contributed by atoms with Crippen LogP contribution in [0.3, 0.4) is 0 Å². The Morgan fingerprint density at radius 3 is 2.75 bits per heavy atom. The Morgan fingerprint density at radius 2 is 2.12 bits per heavy atom. The van der Waals surface area contributed by atoms with Crippen molar-refractivity contribution in [2.24, 2.45) is 5.92 Å². The average molecular weight is 242 g/mol. The quantitative estimate of drug-likeness (QED) is 0.758. The second-order valence-corrected chi connectivity index (χ2v) is 4.90. The summed E-state index contributed by atoms with van der Waals surface area (Å²) in [4.78, 5) is 2.27. The Kier molecular flexibility index (Phi) is 5.64. The molecule has 1 rings (SSSR count). The molecule has 1 aromatic carbocycles. The molecule has 0 fully saturated rings. The number of benzene rings is 1. The van der Waals surface area contributed by atoms with E-state index in [0.717, 1.165) is 18.8 Å². The summed E-state index contributed by atoms with van der Waals surface area (Å²) in [5, 5.41) is 0.716. The summed E-state index contributed by atoms with van der Waals surface area (Å²) in [7, 11) is 2.11. The molecule has 0 saturated carbocycles. The zero-order chi connectivity index (χ0) is 12.0. The monoisotopic (exact) mass is 241 g/mol. The van der Waals surface area contributed by atoms with Gasteiger partial charge in [-0.1, -0.05) is 31.5 Å². The van der Waals surface area contributed by atoms with Gasteiger partial charge in [-0.25, -0.2) is 0 Å². The topological polar surface area (TPSA) is 12.5 Å². The van der Waals surface area contributed by atoms with E-state index in [1.165, 1.54) is 0 Å². The van der Waals surface area contributed by atoms with Crippen LogP contribution in [0, 0.1) is 5.92 Å². The molecule has 0 aliphatic carbocycles. The third kappa shape index (κ3) is 5.38. The Balaban J connectivity index is 2.25. The van der Waals surface area contributed by atoms with Gasteiger partial charge in [0.15, 0.2) is 0 Å². The number of likely N-dealkylation sites (N-methyl/N-ethyl adjacent to an activating group) is 1. The summed E-state index contributed by atoms with van der Waals surface area (Å²) < 4.78 is 5.61. The first kappa shape index (κ1) is 13.3. The van der Waals surface area contributed by atoms with E-state index in [1.807, 2.05) is 24.3 Å². The summed E-state index contributed by atoms with van der Waals surface area (Å²) >= 11 is 5.86. The lowest BCUT2D eigenvalue weighted by molar-refractivity contribution is 0.223. The van der Waals surface area contributed by atoms with Crippen molar-refractivity contribution in [2.45, 2.75) is 13.8 Å². The fourth-order valence-corrected chi connectivity index (χ4v) is 1.77. The van der Waals surface area contributed by atoms with E-state index in [-0.39, 0.29) is 0 Å². The van der Waals surface area contributed by atoms with Crippen LogP contribution in [0.25, 0.3) is 0 Å². The highest BCUT2D eigenvalue weighted by Crippen LogP contribution is 2.16. The second kappa shape index (κ2) is 6.77. The number of rotatable bonds is 6. The molecule has 1 aromatic rings. The minimum atomic E-state index is 0.691. The van der Waals surface area contributed by atoms with Crippen LogP contribution in [0.15, 0.2) is 24.3 Å². The predicted octanol–water partition coefficient (Wildman–Crippen LogP) is 3.31. The van der Waals surface area contributed by atoms with E-state index in [9.17, 15) is 0 Å².